The van der Waals surface area contributed by atoms with Gasteiger partial charge < -0.3 is 10.2 Å². The Bertz CT molecular complexity index is 1020. The van der Waals surface area contributed by atoms with E-state index in [0.717, 1.165) is 55.1 Å². The number of hydrogen-bond acceptors (Lipinski definition) is 5. The minimum atomic E-state index is -0.0103. The monoisotopic (exact) mass is 442 g/mol. The highest BCUT2D eigenvalue weighted by atomic mass is 35.5. The number of hydrogen-bond donors (Lipinski definition) is 1. The fourth-order valence-electron chi connectivity index (χ4n) is 4.13. The van der Waals surface area contributed by atoms with Gasteiger partial charge in [0.25, 0.3) is 5.91 Å². The van der Waals surface area contributed by atoms with Crippen LogP contribution in [-0.4, -0.2) is 35.0 Å². The van der Waals surface area contributed by atoms with E-state index in [1.54, 1.807) is 23.6 Å². The Balaban J connectivity index is 1.36. The molecule has 7 heteroatoms. The number of rotatable bonds is 6. The molecule has 1 fully saturated rings. The minimum absolute atomic E-state index is 0.0103. The summed E-state index contributed by atoms with van der Waals surface area (Å²) in [6.45, 7) is 5.93. The zero-order valence-electron chi connectivity index (χ0n) is 17.4. The van der Waals surface area contributed by atoms with Crippen molar-refractivity contribution in [3.05, 3.63) is 52.1 Å². The zero-order valence-corrected chi connectivity index (χ0v) is 19.0. The average Bonchev–Trinajstić information content (AvgIpc) is 3.18. The van der Waals surface area contributed by atoms with Crippen LogP contribution in [0.5, 0.6) is 0 Å². The molecule has 30 heavy (non-hydrogen) atoms. The summed E-state index contributed by atoms with van der Waals surface area (Å²) in [5.74, 6) is 1.31. The first-order valence-corrected chi connectivity index (χ1v) is 11.8. The second-order valence-electron chi connectivity index (χ2n) is 7.76. The van der Waals surface area contributed by atoms with Crippen molar-refractivity contribution in [2.75, 3.05) is 18.0 Å². The predicted molar refractivity (Wildman–Crippen MR) is 125 cm³/mol. The molecule has 0 spiro atoms. The van der Waals surface area contributed by atoms with Gasteiger partial charge in [-0.25, -0.2) is 9.97 Å². The van der Waals surface area contributed by atoms with Gasteiger partial charge in [0.05, 0.1) is 15.2 Å². The van der Waals surface area contributed by atoms with E-state index < -0.39 is 0 Å². The average molecular weight is 443 g/mol. The molecule has 0 radical (unpaired) electrons. The van der Waals surface area contributed by atoms with Crippen molar-refractivity contribution in [1.82, 2.24) is 15.3 Å². The first kappa shape index (κ1) is 21.1. The van der Waals surface area contributed by atoms with Crippen LogP contribution in [0.1, 0.15) is 60.8 Å². The van der Waals surface area contributed by atoms with Gasteiger partial charge in [-0.15, -0.1) is 11.3 Å². The second-order valence-corrected chi connectivity index (χ2v) is 9.26. The summed E-state index contributed by atoms with van der Waals surface area (Å²) in [5.41, 5.74) is 1.66. The largest absolute Gasteiger partial charge is 0.357 e. The number of carbonyl (C=O) groups is 1. The number of nitrogens with zero attached hydrogens (tertiary/aromatic N) is 3. The highest BCUT2D eigenvalue weighted by Gasteiger charge is 2.26. The maximum absolute atomic E-state index is 12.8. The van der Waals surface area contributed by atoms with E-state index in [0.29, 0.717) is 11.5 Å². The van der Waals surface area contributed by atoms with E-state index in [2.05, 4.69) is 29.0 Å². The van der Waals surface area contributed by atoms with Crippen LogP contribution in [0.3, 0.4) is 0 Å². The molecule has 2 heterocycles. The molecule has 1 N–H and O–H groups in total. The van der Waals surface area contributed by atoms with Gasteiger partial charge >= 0.3 is 0 Å². The van der Waals surface area contributed by atoms with E-state index in [1.165, 1.54) is 9.71 Å². The third kappa shape index (κ3) is 4.60. The normalized spacial score (nSPS) is 19.0. The van der Waals surface area contributed by atoms with Crippen LogP contribution in [0.4, 0.5) is 5.82 Å². The van der Waals surface area contributed by atoms with Crippen LogP contribution >= 0.6 is 22.9 Å². The van der Waals surface area contributed by atoms with Gasteiger partial charge in [0.1, 0.15) is 5.82 Å². The van der Waals surface area contributed by atoms with Gasteiger partial charge in [-0.2, -0.15) is 0 Å². The molecular formula is C23H27ClN4OS. The molecule has 5 nitrogen and oxygen atoms in total. The van der Waals surface area contributed by atoms with Crippen LogP contribution in [-0.2, 0) is 0 Å². The Morgan fingerprint density at radius 3 is 2.67 bits per heavy atom. The minimum Gasteiger partial charge on any atom is -0.357 e. The van der Waals surface area contributed by atoms with Crippen molar-refractivity contribution < 1.29 is 4.79 Å². The highest BCUT2D eigenvalue weighted by molar-refractivity contribution is 7.18. The van der Waals surface area contributed by atoms with Gasteiger partial charge in [0.2, 0.25) is 0 Å². The van der Waals surface area contributed by atoms with Crippen LogP contribution in [0.25, 0.3) is 10.2 Å². The Morgan fingerprint density at radius 2 is 1.93 bits per heavy atom. The van der Waals surface area contributed by atoms with Crippen LogP contribution in [0.15, 0.2) is 36.5 Å². The molecular weight excluding hydrogens is 416 g/mol. The number of fused-ring (bicyclic) bond motifs is 1. The van der Waals surface area contributed by atoms with Crippen LogP contribution in [0.2, 0.25) is 5.02 Å². The van der Waals surface area contributed by atoms with E-state index in [-0.39, 0.29) is 11.9 Å². The quantitative estimate of drug-likeness (QED) is 0.536. The summed E-state index contributed by atoms with van der Waals surface area (Å²) in [5, 5.41) is 5.14. The van der Waals surface area contributed by atoms with Crippen molar-refractivity contribution in [3.63, 3.8) is 0 Å². The zero-order chi connectivity index (χ0) is 21.1. The molecule has 0 saturated heterocycles. The summed E-state index contributed by atoms with van der Waals surface area (Å²) < 4.78 is 1.19. The Hall–Kier alpha value is -2.18. The van der Waals surface area contributed by atoms with Gasteiger partial charge in [0, 0.05) is 41.8 Å². The Morgan fingerprint density at radius 1 is 1.17 bits per heavy atom. The Labute approximate surface area is 186 Å². The maximum Gasteiger partial charge on any atom is 0.251 e. The smallest absolute Gasteiger partial charge is 0.251 e. The number of amides is 1. The van der Waals surface area contributed by atoms with E-state index in [4.69, 9.17) is 16.6 Å². The number of anilines is 1. The van der Waals surface area contributed by atoms with Crippen LogP contribution in [0, 0.1) is 0 Å². The Kier molecular flexibility index (Phi) is 6.54. The van der Waals surface area contributed by atoms with Crippen molar-refractivity contribution in [1.29, 1.82) is 0 Å². The fourth-order valence-corrected chi connectivity index (χ4v) is 5.41. The molecule has 3 aromatic rings. The lowest BCUT2D eigenvalue weighted by Crippen LogP contribution is -2.37. The molecule has 1 aromatic carbocycles. The first-order chi connectivity index (χ1) is 14.6. The predicted octanol–water partition coefficient (Wildman–Crippen LogP) is 5.65. The molecule has 1 aliphatic rings. The number of benzene rings is 1. The molecule has 158 valence electrons. The van der Waals surface area contributed by atoms with E-state index in [1.807, 2.05) is 24.3 Å². The van der Waals surface area contributed by atoms with Crippen molar-refractivity contribution in [3.8, 4) is 0 Å². The molecule has 1 amide bonds. The standard InChI is InChI=1S/C23H27ClN4OS/c1-3-28(4-2)21-13-16(11-12-25-21)22(29)26-18-8-5-15(6-9-18)23-27-19-14-17(24)7-10-20(19)30-23/h7,10-15,18H,3-6,8-9H2,1-2H3,(H,26,29). The summed E-state index contributed by atoms with van der Waals surface area (Å²) >= 11 is 7.86. The lowest BCUT2D eigenvalue weighted by atomic mass is 9.86. The molecule has 0 atom stereocenters. The maximum atomic E-state index is 12.8. The SMILES string of the molecule is CCN(CC)c1cc(C(=O)NC2CCC(c3nc4cc(Cl)ccc4s3)CC2)ccn1. The molecule has 0 bridgehead atoms. The number of thiazole rings is 1. The second kappa shape index (κ2) is 9.31. The molecule has 0 unspecified atom stereocenters. The lowest BCUT2D eigenvalue weighted by Gasteiger charge is -2.28. The number of pyridine rings is 1. The lowest BCUT2D eigenvalue weighted by molar-refractivity contribution is 0.0925. The number of carbonyl (C=O) groups excluding carboxylic acids is 1. The number of halogens is 1. The summed E-state index contributed by atoms with van der Waals surface area (Å²) in [6.07, 6.45) is 5.75. The summed E-state index contributed by atoms with van der Waals surface area (Å²) in [7, 11) is 0. The van der Waals surface area contributed by atoms with E-state index in [9.17, 15) is 4.79 Å². The first-order valence-electron chi connectivity index (χ1n) is 10.6. The molecule has 4 rings (SSSR count). The summed E-state index contributed by atoms with van der Waals surface area (Å²) in [4.78, 5) is 24.1. The van der Waals surface area contributed by atoms with Crippen molar-refractivity contribution in [2.45, 2.75) is 51.5 Å². The van der Waals surface area contributed by atoms with Gasteiger partial charge in [0.15, 0.2) is 0 Å². The number of nitrogens with one attached hydrogen (secondary N) is 1. The third-order valence-corrected chi connectivity index (χ3v) is 7.31. The van der Waals surface area contributed by atoms with Gasteiger partial charge in [-0.3, -0.25) is 4.79 Å². The molecule has 1 saturated carbocycles. The van der Waals surface area contributed by atoms with Gasteiger partial charge in [-0.1, -0.05) is 11.6 Å². The van der Waals surface area contributed by atoms with Crippen molar-refractivity contribution >= 4 is 44.9 Å². The van der Waals surface area contributed by atoms with E-state index >= 15 is 0 Å². The molecule has 2 aromatic heterocycles. The van der Waals surface area contributed by atoms with Crippen LogP contribution < -0.4 is 10.2 Å². The van der Waals surface area contributed by atoms with Gasteiger partial charge in [-0.05, 0) is 69.9 Å². The van der Waals surface area contributed by atoms with Crippen molar-refractivity contribution in [2.24, 2.45) is 0 Å². The fraction of sp³-hybridized carbons (Fsp3) is 0.435. The number of aromatic nitrogens is 2. The highest BCUT2D eigenvalue weighted by Crippen LogP contribution is 2.37. The molecule has 0 aliphatic heterocycles. The summed E-state index contributed by atoms with van der Waals surface area (Å²) in [6, 6.07) is 9.79. The molecule has 1 aliphatic carbocycles. The topological polar surface area (TPSA) is 58.1 Å². The third-order valence-electron chi connectivity index (χ3n) is 5.87.